The first-order valence-electron chi connectivity index (χ1n) is 6.58. The van der Waals surface area contributed by atoms with Crippen molar-refractivity contribution in [3.8, 4) is 5.75 Å². The lowest BCUT2D eigenvalue weighted by Crippen LogP contribution is -2.52. The van der Waals surface area contributed by atoms with Crippen molar-refractivity contribution in [1.29, 1.82) is 0 Å². The van der Waals surface area contributed by atoms with E-state index in [1.165, 1.54) is 15.9 Å². The van der Waals surface area contributed by atoms with E-state index in [2.05, 4.69) is 0 Å². The number of likely N-dealkylation sites (N-methyl/N-ethyl adjacent to an activating group) is 2. The molecule has 0 saturated carbocycles. The average Bonchev–Trinajstić information content (AvgIpc) is 2.55. The highest BCUT2D eigenvalue weighted by Crippen LogP contribution is 2.16. The molecular formula is C16H16N2O3S. The molecule has 1 heterocycles. The smallest absolute Gasteiger partial charge is 0.265 e. The summed E-state index contributed by atoms with van der Waals surface area (Å²) in [5.74, 6) is -0.0233. The summed E-state index contributed by atoms with van der Waals surface area (Å²) < 4.78 is 5.08. The lowest BCUT2D eigenvalue weighted by Gasteiger charge is -2.31. The first kappa shape index (κ1) is 15.9. The maximum absolute atomic E-state index is 12.1. The second-order valence-electron chi connectivity index (χ2n) is 4.72. The van der Waals surface area contributed by atoms with E-state index in [0.29, 0.717) is 0 Å². The van der Waals surface area contributed by atoms with Gasteiger partial charge in [0.05, 0.1) is 7.11 Å². The van der Waals surface area contributed by atoms with Gasteiger partial charge in [-0.1, -0.05) is 24.3 Å². The Balaban J connectivity index is 2.20. The molecule has 1 aromatic rings. The predicted molar refractivity (Wildman–Crippen MR) is 88.2 cm³/mol. The molecule has 0 bridgehead atoms. The summed E-state index contributed by atoms with van der Waals surface area (Å²) >= 11 is 5.02. The number of nitrogens with zero attached hydrogens (tertiary/aromatic N) is 2. The van der Waals surface area contributed by atoms with Crippen molar-refractivity contribution in [3.63, 3.8) is 0 Å². The Kier molecular flexibility index (Phi) is 4.72. The van der Waals surface area contributed by atoms with Crippen LogP contribution < -0.4 is 4.74 Å². The zero-order valence-electron chi connectivity index (χ0n) is 12.6. The minimum Gasteiger partial charge on any atom is -0.497 e. The van der Waals surface area contributed by atoms with Gasteiger partial charge in [0.1, 0.15) is 11.3 Å². The van der Waals surface area contributed by atoms with Crippen molar-refractivity contribution in [2.75, 3.05) is 21.2 Å². The molecule has 0 radical (unpaired) electrons. The molecule has 0 spiro atoms. The van der Waals surface area contributed by atoms with E-state index in [9.17, 15) is 9.59 Å². The van der Waals surface area contributed by atoms with Gasteiger partial charge in [-0.15, -0.1) is 0 Å². The molecule has 0 aromatic heterocycles. The summed E-state index contributed by atoms with van der Waals surface area (Å²) in [5, 5.41) is 0.200. The number of hydrogen-bond acceptors (Lipinski definition) is 4. The van der Waals surface area contributed by atoms with E-state index >= 15 is 0 Å². The third kappa shape index (κ3) is 3.07. The molecule has 114 valence electrons. The summed E-state index contributed by atoms with van der Waals surface area (Å²) in [6.07, 6.45) is 4.98. The van der Waals surface area contributed by atoms with Gasteiger partial charge in [-0.3, -0.25) is 19.4 Å². The summed E-state index contributed by atoms with van der Waals surface area (Å²) in [5.41, 5.74) is 1.02. The Hall–Kier alpha value is -2.47. The number of hydrogen-bond donors (Lipinski definition) is 0. The van der Waals surface area contributed by atoms with E-state index in [1.807, 2.05) is 24.3 Å². The van der Waals surface area contributed by atoms with E-state index < -0.39 is 11.8 Å². The summed E-state index contributed by atoms with van der Waals surface area (Å²) in [7, 11) is 4.70. The van der Waals surface area contributed by atoms with Crippen LogP contribution in [0.1, 0.15) is 5.56 Å². The number of carbonyl (C=O) groups excluding carboxylic acids is 2. The lowest BCUT2D eigenvalue weighted by molar-refractivity contribution is -0.132. The topological polar surface area (TPSA) is 49.9 Å². The molecule has 5 nitrogen and oxygen atoms in total. The monoisotopic (exact) mass is 316 g/mol. The van der Waals surface area contributed by atoms with Crippen molar-refractivity contribution in [2.45, 2.75) is 0 Å². The third-order valence-electron chi connectivity index (χ3n) is 3.31. The molecule has 1 saturated heterocycles. The van der Waals surface area contributed by atoms with Crippen LogP contribution in [0.15, 0.2) is 42.0 Å². The van der Waals surface area contributed by atoms with Gasteiger partial charge in [0.15, 0.2) is 5.11 Å². The van der Waals surface area contributed by atoms with Crippen LogP contribution in [0.4, 0.5) is 0 Å². The number of carbonyl (C=O) groups is 2. The summed E-state index contributed by atoms with van der Waals surface area (Å²) in [6, 6.07) is 7.44. The largest absolute Gasteiger partial charge is 0.497 e. The fraction of sp³-hybridized carbons (Fsp3) is 0.188. The zero-order chi connectivity index (χ0) is 16.3. The highest BCUT2D eigenvalue weighted by molar-refractivity contribution is 7.80. The standard InChI is InChI=1S/C16H16N2O3S/c1-17-14(19)13(15(20)18(2)16(17)22)6-4-5-11-7-9-12(21-3)10-8-11/h4-10H,1-3H3/b5-4+. The SMILES string of the molecule is COc1ccc(/C=C/C=C2C(=O)N(C)C(=S)N(C)C2=O)cc1. The van der Waals surface area contributed by atoms with Crippen LogP contribution in [0, 0.1) is 0 Å². The Labute approximate surface area is 134 Å². The zero-order valence-corrected chi connectivity index (χ0v) is 13.4. The highest BCUT2D eigenvalue weighted by atomic mass is 32.1. The first-order chi connectivity index (χ1) is 10.5. The fourth-order valence-corrected chi connectivity index (χ4v) is 2.13. The van der Waals surface area contributed by atoms with Crippen LogP contribution in [-0.2, 0) is 9.59 Å². The Bertz CT molecular complexity index is 651. The lowest BCUT2D eigenvalue weighted by atomic mass is 10.1. The van der Waals surface area contributed by atoms with E-state index in [4.69, 9.17) is 17.0 Å². The van der Waals surface area contributed by atoms with E-state index in [-0.39, 0.29) is 10.7 Å². The number of ether oxygens (including phenoxy) is 1. The van der Waals surface area contributed by atoms with Crippen molar-refractivity contribution >= 4 is 35.2 Å². The van der Waals surface area contributed by atoms with Crippen molar-refractivity contribution < 1.29 is 14.3 Å². The second-order valence-corrected chi connectivity index (χ2v) is 5.09. The number of thiocarbonyl (C=S) groups is 1. The van der Waals surface area contributed by atoms with Crippen LogP contribution in [0.2, 0.25) is 0 Å². The molecule has 1 fully saturated rings. The highest BCUT2D eigenvalue weighted by Gasteiger charge is 2.34. The van der Waals surface area contributed by atoms with Gasteiger partial charge in [0.2, 0.25) is 0 Å². The molecule has 0 N–H and O–H groups in total. The summed E-state index contributed by atoms with van der Waals surface area (Å²) in [4.78, 5) is 26.7. The number of rotatable bonds is 3. The molecule has 1 aliphatic heterocycles. The Morgan fingerprint density at radius 2 is 1.59 bits per heavy atom. The average molecular weight is 316 g/mol. The maximum Gasteiger partial charge on any atom is 0.265 e. The van der Waals surface area contributed by atoms with Gasteiger partial charge >= 0.3 is 0 Å². The molecule has 1 aromatic carbocycles. The number of amides is 2. The first-order valence-corrected chi connectivity index (χ1v) is 6.99. The molecule has 2 rings (SSSR count). The number of methoxy groups -OCH3 is 1. The van der Waals surface area contributed by atoms with E-state index in [1.54, 1.807) is 33.4 Å². The van der Waals surface area contributed by atoms with E-state index in [0.717, 1.165) is 11.3 Å². The van der Waals surface area contributed by atoms with Crippen LogP contribution in [0.3, 0.4) is 0 Å². The van der Waals surface area contributed by atoms with Gasteiger partial charge in [0.25, 0.3) is 11.8 Å². The van der Waals surface area contributed by atoms with Gasteiger partial charge < -0.3 is 4.74 Å². The normalized spacial score (nSPS) is 15.8. The molecule has 6 heteroatoms. The second kappa shape index (κ2) is 6.53. The summed E-state index contributed by atoms with van der Waals surface area (Å²) in [6.45, 7) is 0. The van der Waals surface area contributed by atoms with Crippen molar-refractivity contribution in [3.05, 3.63) is 47.6 Å². The van der Waals surface area contributed by atoms with Gasteiger partial charge in [0, 0.05) is 14.1 Å². The number of benzene rings is 1. The third-order valence-corrected chi connectivity index (χ3v) is 3.86. The van der Waals surface area contributed by atoms with Crippen molar-refractivity contribution in [2.24, 2.45) is 0 Å². The molecule has 22 heavy (non-hydrogen) atoms. The van der Waals surface area contributed by atoms with Crippen LogP contribution >= 0.6 is 12.2 Å². The predicted octanol–water partition coefficient (Wildman–Crippen LogP) is 1.85. The Morgan fingerprint density at radius 1 is 1.05 bits per heavy atom. The molecule has 0 aliphatic carbocycles. The quantitative estimate of drug-likeness (QED) is 0.485. The van der Waals surface area contributed by atoms with Gasteiger partial charge in [-0.25, -0.2) is 0 Å². The molecule has 2 amide bonds. The minimum atomic E-state index is -0.396. The maximum atomic E-state index is 12.1. The van der Waals surface area contributed by atoms with Crippen LogP contribution in [0.5, 0.6) is 5.75 Å². The Morgan fingerprint density at radius 3 is 2.09 bits per heavy atom. The number of allylic oxidation sites excluding steroid dienone is 2. The molecule has 1 aliphatic rings. The van der Waals surface area contributed by atoms with Gasteiger partial charge in [-0.2, -0.15) is 0 Å². The molecule has 0 atom stereocenters. The van der Waals surface area contributed by atoms with Crippen molar-refractivity contribution in [1.82, 2.24) is 9.80 Å². The minimum absolute atomic E-state index is 0.0864. The van der Waals surface area contributed by atoms with Gasteiger partial charge in [-0.05, 0) is 36.0 Å². The fourth-order valence-electron chi connectivity index (χ4n) is 1.96. The molecular weight excluding hydrogens is 300 g/mol. The van der Waals surface area contributed by atoms with Crippen LogP contribution in [0.25, 0.3) is 6.08 Å². The molecule has 0 unspecified atom stereocenters. The van der Waals surface area contributed by atoms with Crippen LogP contribution in [-0.4, -0.2) is 47.9 Å².